The van der Waals surface area contributed by atoms with Crippen LogP contribution in [-0.4, -0.2) is 22.3 Å². The van der Waals surface area contributed by atoms with Gasteiger partial charge in [-0.15, -0.1) is 0 Å². The van der Waals surface area contributed by atoms with Gasteiger partial charge in [-0.05, 0) is 47.9 Å². The second-order valence-electron chi connectivity index (χ2n) is 7.70. The van der Waals surface area contributed by atoms with Gasteiger partial charge in [-0.2, -0.15) is 13.2 Å². The molecule has 6 heteroatoms. The van der Waals surface area contributed by atoms with Gasteiger partial charge in [0.05, 0.1) is 11.6 Å². The first-order valence-corrected chi connectivity index (χ1v) is 10.1. The number of nitrogens with one attached hydrogen (secondary N) is 1. The SMILES string of the molecule is O=C(c1ccccc1)N1CCc2c([nH]c3ccccc23)C1c1ccc(C(F)(F)F)cc1. The van der Waals surface area contributed by atoms with E-state index in [4.69, 9.17) is 0 Å². The van der Waals surface area contributed by atoms with Gasteiger partial charge in [0, 0.05) is 28.7 Å². The summed E-state index contributed by atoms with van der Waals surface area (Å²) in [5.41, 5.74) is 3.42. The van der Waals surface area contributed by atoms with E-state index in [1.807, 2.05) is 30.3 Å². The summed E-state index contributed by atoms with van der Waals surface area (Å²) in [7, 11) is 0. The van der Waals surface area contributed by atoms with Crippen molar-refractivity contribution >= 4 is 16.8 Å². The van der Waals surface area contributed by atoms with Crippen molar-refractivity contribution in [3.8, 4) is 0 Å². The van der Waals surface area contributed by atoms with Gasteiger partial charge in [0.15, 0.2) is 0 Å². The number of carbonyl (C=O) groups is 1. The van der Waals surface area contributed by atoms with E-state index in [0.717, 1.165) is 34.3 Å². The molecule has 0 radical (unpaired) electrons. The standard InChI is InChI=1S/C25H19F3N2O/c26-25(27,28)18-12-10-16(11-13-18)23-22-20(19-8-4-5-9-21(19)29-22)14-15-30(23)24(31)17-6-2-1-3-7-17/h1-13,23,29H,14-15H2. The van der Waals surface area contributed by atoms with Crippen molar-refractivity contribution in [2.24, 2.45) is 0 Å². The molecule has 0 saturated heterocycles. The van der Waals surface area contributed by atoms with Crippen LogP contribution in [0.3, 0.4) is 0 Å². The molecule has 1 aliphatic rings. The first-order valence-electron chi connectivity index (χ1n) is 10.1. The van der Waals surface area contributed by atoms with Crippen molar-refractivity contribution in [1.29, 1.82) is 0 Å². The molecule has 0 fully saturated rings. The Morgan fingerprint density at radius 2 is 1.58 bits per heavy atom. The molecular formula is C25H19F3N2O. The molecule has 1 aliphatic heterocycles. The maximum absolute atomic E-state index is 13.4. The Labute approximate surface area is 177 Å². The highest BCUT2D eigenvalue weighted by Gasteiger charge is 2.36. The molecule has 4 aromatic rings. The van der Waals surface area contributed by atoms with E-state index in [1.54, 1.807) is 29.2 Å². The molecule has 156 valence electrons. The van der Waals surface area contributed by atoms with Crippen molar-refractivity contribution in [3.05, 3.63) is 107 Å². The Hall–Kier alpha value is -3.54. The van der Waals surface area contributed by atoms with Crippen LogP contribution in [0.15, 0.2) is 78.9 Å². The Bertz CT molecular complexity index is 1240. The molecule has 0 spiro atoms. The van der Waals surface area contributed by atoms with E-state index < -0.39 is 17.8 Å². The molecule has 2 heterocycles. The van der Waals surface area contributed by atoms with Crippen molar-refractivity contribution in [2.75, 3.05) is 6.54 Å². The predicted molar refractivity (Wildman–Crippen MR) is 113 cm³/mol. The Morgan fingerprint density at radius 1 is 0.903 bits per heavy atom. The third kappa shape index (κ3) is 3.38. The molecule has 0 aliphatic carbocycles. The molecule has 1 unspecified atom stereocenters. The number of rotatable bonds is 2. The van der Waals surface area contributed by atoms with Crippen molar-refractivity contribution in [2.45, 2.75) is 18.6 Å². The van der Waals surface area contributed by atoms with E-state index in [0.29, 0.717) is 24.1 Å². The molecule has 3 nitrogen and oxygen atoms in total. The van der Waals surface area contributed by atoms with Crippen molar-refractivity contribution in [1.82, 2.24) is 9.88 Å². The fourth-order valence-corrected chi connectivity index (χ4v) is 4.41. The lowest BCUT2D eigenvalue weighted by Gasteiger charge is -2.36. The van der Waals surface area contributed by atoms with Crippen LogP contribution in [0.4, 0.5) is 13.2 Å². The van der Waals surface area contributed by atoms with Crippen LogP contribution in [-0.2, 0) is 12.6 Å². The monoisotopic (exact) mass is 420 g/mol. The number of hydrogen-bond donors (Lipinski definition) is 1. The number of fused-ring (bicyclic) bond motifs is 3. The largest absolute Gasteiger partial charge is 0.416 e. The average molecular weight is 420 g/mol. The van der Waals surface area contributed by atoms with E-state index in [1.165, 1.54) is 12.1 Å². The second kappa shape index (κ2) is 7.30. The van der Waals surface area contributed by atoms with Gasteiger partial charge in [-0.1, -0.05) is 48.5 Å². The number of alkyl halides is 3. The highest BCUT2D eigenvalue weighted by Crippen LogP contribution is 2.40. The summed E-state index contributed by atoms with van der Waals surface area (Å²) < 4.78 is 39.3. The first-order chi connectivity index (χ1) is 14.9. The molecule has 0 bridgehead atoms. The maximum Gasteiger partial charge on any atom is 0.416 e. The number of H-pyrrole nitrogens is 1. The lowest BCUT2D eigenvalue weighted by Crippen LogP contribution is -2.40. The normalized spacial score (nSPS) is 16.4. The number of amides is 1. The third-order valence-electron chi connectivity index (χ3n) is 5.87. The van der Waals surface area contributed by atoms with Gasteiger partial charge in [-0.25, -0.2) is 0 Å². The summed E-state index contributed by atoms with van der Waals surface area (Å²) in [6.45, 7) is 0.480. The number of aromatic amines is 1. The zero-order valence-electron chi connectivity index (χ0n) is 16.5. The topological polar surface area (TPSA) is 36.1 Å². The van der Waals surface area contributed by atoms with Gasteiger partial charge in [0.2, 0.25) is 0 Å². The van der Waals surface area contributed by atoms with Gasteiger partial charge >= 0.3 is 6.18 Å². The minimum Gasteiger partial charge on any atom is -0.356 e. The summed E-state index contributed by atoms with van der Waals surface area (Å²) in [6, 6.07) is 21.5. The molecule has 1 N–H and O–H groups in total. The number of halogens is 3. The number of nitrogens with zero attached hydrogens (tertiary/aromatic N) is 1. The second-order valence-corrected chi connectivity index (χ2v) is 7.70. The van der Waals surface area contributed by atoms with E-state index in [9.17, 15) is 18.0 Å². The van der Waals surface area contributed by atoms with Crippen LogP contribution < -0.4 is 0 Å². The highest BCUT2D eigenvalue weighted by atomic mass is 19.4. The molecule has 3 aromatic carbocycles. The summed E-state index contributed by atoms with van der Waals surface area (Å²) in [4.78, 5) is 18.5. The minimum atomic E-state index is -4.41. The quantitative estimate of drug-likeness (QED) is 0.426. The number of para-hydroxylation sites is 1. The molecule has 31 heavy (non-hydrogen) atoms. The van der Waals surface area contributed by atoms with Crippen molar-refractivity contribution in [3.63, 3.8) is 0 Å². The maximum atomic E-state index is 13.4. The highest BCUT2D eigenvalue weighted by molar-refractivity contribution is 5.95. The molecular weight excluding hydrogens is 401 g/mol. The summed E-state index contributed by atoms with van der Waals surface area (Å²) in [6.07, 6.45) is -3.73. The fourth-order valence-electron chi connectivity index (χ4n) is 4.41. The zero-order valence-corrected chi connectivity index (χ0v) is 16.5. The zero-order chi connectivity index (χ0) is 21.6. The van der Waals surface area contributed by atoms with Crippen LogP contribution >= 0.6 is 0 Å². The number of benzene rings is 3. The van der Waals surface area contributed by atoms with Crippen LogP contribution in [0.1, 0.15) is 38.8 Å². The molecule has 0 saturated carbocycles. The lowest BCUT2D eigenvalue weighted by atomic mass is 9.91. The Morgan fingerprint density at radius 3 is 2.29 bits per heavy atom. The van der Waals surface area contributed by atoms with Gasteiger partial charge in [0.25, 0.3) is 5.91 Å². The first kappa shape index (κ1) is 19.4. The van der Waals surface area contributed by atoms with Crippen LogP contribution in [0, 0.1) is 0 Å². The van der Waals surface area contributed by atoms with E-state index in [2.05, 4.69) is 4.98 Å². The van der Waals surface area contributed by atoms with Crippen molar-refractivity contribution < 1.29 is 18.0 Å². The number of aromatic nitrogens is 1. The summed E-state index contributed by atoms with van der Waals surface area (Å²) in [5, 5.41) is 1.08. The van der Waals surface area contributed by atoms with E-state index >= 15 is 0 Å². The summed E-state index contributed by atoms with van der Waals surface area (Å²) in [5.74, 6) is -0.144. The third-order valence-corrected chi connectivity index (χ3v) is 5.87. The molecule has 1 aromatic heterocycles. The van der Waals surface area contributed by atoms with Gasteiger partial charge in [0.1, 0.15) is 0 Å². The lowest BCUT2D eigenvalue weighted by molar-refractivity contribution is -0.137. The summed E-state index contributed by atoms with van der Waals surface area (Å²) >= 11 is 0. The van der Waals surface area contributed by atoms with Gasteiger partial charge in [-0.3, -0.25) is 4.79 Å². The number of carbonyl (C=O) groups excluding carboxylic acids is 1. The molecule has 5 rings (SSSR count). The Balaban J connectivity index is 1.64. The Kier molecular flexibility index (Phi) is 4.58. The van der Waals surface area contributed by atoms with Crippen LogP contribution in [0.5, 0.6) is 0 Å². The smallest absolute Gasteiger partial charge is 0.356 e. The predicted octanol–water partition coefficient (Wildman–Crippen LogP) is 5.97. The minimum absolute atomic E-state index is 0.144. The number of hydrogen-bond acceptors (Lipinski definition) is 1. The molecule has 1 atom stereocenters. The van der Waals surface area contributed by atoms with Crippen LogP contribution in [0.25, 0.3) is 10.9 Å². The molecule has 1 amide bonds. The van der Waals surface area contributed by atoms with Crippen LogP contribution in [0.2, 0.25) is 0 Å². The van der Waals surface area contributed by atoms with Gasteiger partial charge < -0.3 is 9.88 Å². The van der Waals surface area contributed by atoms with E-state index in [-0.39, 0.29) is 5.91 Å². The fraction of sp³-hybridized carbons (Fsp3) is 0.160. The average Bonchev–Trinajstić information content (AvgIpc) is 3.17.